The molecule has 2 N–H and O–H groups in total. The third kappa shape index (κ3) is 6.53. The number of aldehydes is 1. The number of carbonyl (C=O) groups is 1. The first kappa shape index (κ1) is 34.5. The van der Waals surface area contributed by atoms with E-state index in [9.17, 15) is 9.18 Å². The number of carbonyl (C=O) groups excluding carboxylic acids is 1. The van der Waals surface area contributed by atoms with Crippen molar-refractivity contribution in [2.24, 2.45) is 0 Å². The Balaban J connectivity index is 0.000000226. The standard InChI is InChI=1S/C29H25FN6.C12H14INO/c1-17-26(23-6-4-5-12-32-23)34-24-15-19(30)8-9-20(24)27(17)36-16-29(2,3)21-10-7-18(14-25(21)36)22-11-13-33-28(31)35-22;1-12(2)8-14(5-6-15)11-7-9(13)3-4-10(11)12/h4-15H,16H2,1-3H3,(H2,31,33,35);3-4,6-7H,5,8H2,1-2H3. The van der Waals surface area contributed by atoms with E-state index in [1.54, 1.807) is 12.4 Å². The number of hydrogen-bond donors (Lipinski definition) is 1. The number of hydrogen-bond acceptors (Lipinski definition) is 8. The molecule has 0 spiro atoms. The molecule has 8 nitrogen and oxygen atoms in total. The van der Waals surface area contributed by atoms with Crippen LogP contribution >= 0.6 is 22.6 Å². The second kappa shape index (κ2) is 13.3. The van der Waals surface area contributed by atoms with Gasteiger partial charge in [0.15, 0.2) is 0 Å². The van der Waals surface area contributed by atoms with Crippen molar-refractivity contribution >= 4 is 62.8 Å². The Kier molecular flexibility index (Phi) is 8.99. The number of nitrogen functional groups attached to an aromatic ring is 1. The van der Waals surface area contributed by atoms with E-state index in [1.165, 1.54) is 32.5 Å². The van der Waals surface area contributed by atoms with Crippen molar-refractivity contribution in [3.63, 3.8) is 0 Å². The molecule has 0 saturated carbocycles. The van der Waals surface area contributed by atoms with Crippen LogP contribution in [-0.4, -0.2) is 45.9 Å². The second-order valence-corrected chi connectivity index (χ2v) is 15.7. The summed E-state index contributed by atoms with van der Waals surface area (Å²) in [4.78, 5) is 32.9. The van der Waals surface area contributed by atoms with Crippen molar-refractivity contribution in [3.8, 4) is 22.6 Å². The van der Waals surface area contributed by atoms with E-state index >= 15 is 0 Å². The van der Waals surface area contributed by atoms with Crippen molar-refractivity contribution in [2.75, 3.05) is 35.2 Å². The number of halogens is 2. The highest BCUT2D eigenvalue weighted by Crippen LogP contribution is 2.49. The molecule has 0 aliphatic carbocycles. The molecule has 0 atom stereocenters. The number of anilines is 4. The summed E-state index contributed by atoms with van der Waals surface area (Å²) in [7, 11) is 0. The van der Waals surface area contributed by atoms with Gasteiger partial charge in [-0.05, 0) is 89.2 Å². The lowest BCUT2D eigenvalue weighted by Gasteiger charge is -2.27. The van der Waals surface area contributed by atoms with Crippen molar-refractivity contribution in [1.29, 1.82) is 0 Å². The van der Waals surface area contributed by atoms with Crippen LogP contribution in [0.25, 0.3) is 33.5 Å². The molecule has 258 valence electrons. The quantitative estimate of drug-likeness (QED) is 0.137. The molecule has 0 saturated heterocycles. The molecule has 3 aromatic carbocycles. The summed E-state index contributed by atoms with van der Waals surface area (Å²) in [6.45, 7) is 13.2. The molecule has 6 aromatic rings. The fourth-order valence-electron chi connectivity index (χ4n) is 7.44. The van der Waals surface area contributed by atoms with E-state index in [4.69, 9.17) is 10.7 Å². The molecule has 8 rings (SSSR count). The lowest BCUT2D eigenvalue weighted by Crippen LogP contribution is -2.29. The highest BCUT2D eigenvalue weighted by Gasteiger charge is 2.38. The average Bonchev–Trinajstić information content (AvgIpc) is 3.52. The van der Waals surface area contributed by atoms with Crippen molar-refractivity contribution in [3.05, 3.63) is 117 Å². The van der Waals surface area contributed by atoms with Crippen LogP contribution in [0.4, 0.5) is 27.4 Å². The second-order valence-electron chi connectivity index (χ2n) is 14.4. The molecule has 0 amide bonds. The summed E-state index contributed by atoms with van der Waals surface area (Å²) >= 11 is 2.31. The topological polar surface area (TPSA) is 101 Å². The molecule has 5 heterocycles. The molecular formula is C41H39FIN7O. The predicted octanol–water partition coefficient (Wildman–Crippen LogP) is 8.80. The zero-order valence-corrected chi connectivity index (χ0v) is 31.4. The highest BCUT2D eigenvalue weighted by atomic mass is 127. The van der Waals surface area contributed by atoms with Gasteiger partial charge in [-0.3, -0.25) is 4.98 Å². The number of benzene rings is 3. The van der Waals surface area contributed by atoms with Crippen LogP contribution in [-0.2, 0) is 15.6 Å². The number of pyridine rings is 2. The minimum Gasteiger partial charge on any atom is -0.368 e. The van der Waals surface area contributed by atoms with Gasteiger partial charge in [-0.1, -0.05) is 52.0 Å². The van der Waals surface area contributed by atoms with Crippen molar-refractivity contribution < 1.29 is 9.18 Å². The predicted molar refractivity (Wildman–Crippen MR) is 212 cm³/mol. The van der Waals surface area contributed by atoms with E-state index < -0.39 is 0 Å². The van der Waals surface area contributed by atoms with Crippen LogP contribution in [0, 0.1) is 16.3 Å². The number of fused-ring (bicyclic) bond motifs is 3. The first-order valence-corrected chi connectivity index (χ1v) is 17.9. The van der Waals surface area contributed by atoms with Crippen LogP contribution < -0.4 is 15.5 Å². The largest absolute Gasteiger partial charge is 0.368 e. The Hall–Kier alpha value is -4.97. The maximum Gasteiger partial charge on any atom is 0.220 e. The summed E-state index contributed by atoms with van der Waals surface area (Å²) in [6.07, 6.45) is 4.39. The molecule has 0 bridgehead atoms. The fourth-order valence-corrected chi connectivity index (χ4v) is 7.92. The summed E-state index contributed by atoms with van der Waals surface area (Å²) in [5, 5.41) is 0.897. The van der Waals surface area contributed by atoms with E-state index in [1.807, 2.05) is 30.3 Å². The van der Waals surface area contributed by atoms with Gasteiger partial charge < -0.3 is 20.3 Å². The van der Waals surface area contributed by atoms with Gasteiger partial charge >= 0.3 is 0 Å². The molecule has 2 aliphatic rings. The van der Waals surface area contributed by atoms with Gasteiger partial charge in [-0.2, -0.15) is 0 Å². The van der Waals surface area contributed by atoms with Crippen molar-refractivity contribution in [1.82, 2.24) is 19.9 Å². The van der Waals surface area contributed by atoms with Crippen LogP contribution in [0.3, 0.4) is 0 Å². The summed E-state index contributed by atoms with van der Waals surface area (Å²) in [6, 6.07) is 25.3. The van der Waals surface area contributed by atoms with Gasteiger partial charge in [0.25, 0.3) is 0 Å². The van der Waals surface area contributed by atoms with E-state index in [-0.39, 0.29) is 22.6 Å². The lowest BCUT2D eigenvalue weighted by molar-refractivity contribution is -0.106. The number of nitrogens with zero attached hydrogens (tertiary/aromatic N) is 6. The SMILES string of the molecule is CC1(C)CN(CC=O)c2cc(I)ccc21.Cc1c(-c2ccccn2)nc2cc(F)ccc2c1N1CC(C)(C)c2ccc(-c3ccnc(N)n3)cc21. The van der Waals surface area contributed by atoms with Crippen molar-refractivity contribution in [2.45, 2.75) is 45.4 Å². The number of rotatable bonds is 5. The number of aromatic nitrogens is 4. The first-order valence-electron chi connectivity index (χ1n) is 16.9. The van der Waals surface area contributed by atoms with Gasteiger partial charge in [0.1, 0.15) is 12.1 Å². The maximum absolute atomic E-state index is 14.3. The Labute approximate surface area is 311 Å². The normalized spacial score (nSPS) is 15.3. The fraction of sp³-hybridized carbons (Fsp3) is 0.244. The van der Waals surface area contributed by atoms with Gasteiger partial charge in [0.2, 0.25) is 5.95 Å². The Morgan fingerprint density at radius 3 is 2.35 bits per heavy atom. The molecule has 10 heteroatoms. The molecule has 0 unspecified atom stereocenters. The molecule has 0 radical (unpaired) electrons. The van der Waals surface area contributed by atoms with E-state index in [0.29, 0.717) is 12.1 Å². The summed E-state index contributed by atoms with van der Waals surface area (Å²) < 4.78 is 15.5. The van der Waals surface area contributed by atoms with Crippen LogP contribution in [0.2, 0.25) is 0 Å². The Morgan fingerprint density at radius 1 is 0.843 bits per heavy atom. The smallest absolute Gasteiger partial charge is 0.220 e. The lowest BCUT2D eigenvalue weighted by atomic mass is 9.86. The van der Waals surface area contributed by atoms with Crippen LogP contribution in [0.15, 0.2) is 91.3 Å². The van der Waals surface area contributed by atoms with Gasteiger partial charge in [-0.15, -0.1) is 0 Å². The van der Waals surface area contributed by atoms with Crippen LogP contribution in [0.5, 0.6) is 0 Å². The van der Waals surface area contributed by atoms with Gasteiger partial charge in [0.05, 0.1) is 34.8 Å². The zero-order valence-electron chi connectivity index (χ0n) is 29.3. The average molecular weight is 792 g/mol. The van der Waals surface area contributed by atoms with Gasteiger partial charge in [0, 0.05) is 73.8 Å². The maximum atomic E-state index is 14.3. The number of nitrogens with two attached hydrogens (primary N) is 1. The van der Waals surface area contributed by atoms with Gasteiger partial charge in [-0.25, -0.2) is 19.3 Å². The molecule has 0 fully saturated rings. The molecule has 3 aromatic heterocycles. The molecular weight excluding hydrogens is 752 g/mol. The summed E-state index contributed by atoms with van der Waals surface area (Å²) in [5.74, 6) is -0.0780. The third-order valence-electron chi connectivity index (χ3n) is 9.79. The minimum absolute atomic E-state index is 0.105. The zero-order chi connectivity index (χ0) is 36.1. The van der Waals surface area contributed by atoms with E-state index in [2.05, 4.69) is 118 Å². The molecule has 51 heavy (non-hydrogen) atoms. The highest BCUT2D eigenvalue weighted by molar-refractivity contribution is 14.1. The summed E-state index contributed by atoms with van der Waals surface area (Å²) in [5.41, 5.74) is 16.6. The Morgan fingerprint density at radius 2 is 1.61 bits per heavy atom. The third-order valence-corrected chi connectivity index (χ3v) is 10.5. The monoisotopic (exact) mass is 791 g/mol. The first-order chi connectivity index (χ1) is 24.4. The molecule has 2 aliphatic heterocycles. The Bertz CT molecular complexity index is 2290. The van der Waals surface area contributed by atoms with Crippen LogP contribution in [0.1, 0.15) is 44.4 Å². The van der Waals surface area contributed by atoms with E-state index in [0.717, 1.165) is 64.3 Å². The minimum atomic E-state index is -0.317.